The van der Waals surface area contributed by atoms with Crippen molar-refractivity contribution in [2.75, 3.05) is 0 Å². The molecule has 2 bridgehead atoms. The Morgan fingerprint density at radius 2 is 1.83 bits per heavy atom. The van der Waals surface area contributed by atoms with Crippen LogP contribution in [-0.2, 0) is 9.59 Å². The van der Waals surface area contributed by atoms with Crippen LogP contribution in [0.3, 0.4) is 0 Å². The molecule has 0 unspecified atom stereocenters. The van der Waals surface area contributed by atoms with E-state index in [1.807, 2.05) is 0 Å². The standard InChI is InChI=1S/C16H20O2/c17-14-8-2-6-12-10-4-1-5-11(10)13-7-3-9-16(13,14)15(12)18/h11,13H,1-9H2/t11-,13+,16+/m1/s1. The lowest BCUT2D eigenvalue weighted by Gasteiger charge is -2.41. The molecule has 96 valence electrons. The lowest BCUT2D eigenvalue weighted by molar-refractivity contribution is -0.142. The Kier molecular flexibility index (Phi) is 2.16. The Bertz CT molecular complexity index is 473. The summed E-state index contributed by atoms with van der Waals surface area (Å²) in [6, 6.07) is 0. The van der Waals surface area contributed by atoms with Crippen molar-refractivity contribution in [2.45, 2.75) is 57.8 Å². The Morgan fingerprint density at radius 3 is 2.72 bits per heavy atom. The average Bonchev–Trinajstić information content (AvgIpc) is 2.95. The zero-order valence-corrected chi connectivity index (χ0v) is 10.8. The molecule has 0 N–H and O–H groups in total. The number of Topliss-reactive ketones (excluding diaryl/α,β-unsaturated/α-hetero) is 2. The summed E-state index contributed by atoms with van der Waals surface area (Å²) < 4.78 is 0. The van der Waals surface area contributed by atoms with Gasteiger partial charge in [-0.25, -0.2) is 0 Å². The van der Waals surface area contributed by atoms with Crippen LogP contribution >= 0.6 is 0 Å². The van der Waals surface area contributed by atoms with Crippen molar-refractivity contribution in [1.29, 1.82) is 0 Å². The highest BCUT2D eigenvalue weighted by molar-refractivity contribution is 6.16. The Balaban J connectivity index is 1.96. The van der Waals surface area contributed by atoms with Crippen molar-refractivity contribution in [2.24, 2.45) is 17.3 Å². The Hall–Kier alpha value is -0.920. The summed E-state index contributed by atoms with van der Waals surface area (Å²) in [5, 5.41) is 0. The van der Waals surface area contributed by atoms with Gasteiger partial charge in [-0.15, -0.1) is 0 Å². The number of ketones is 2. The van der Waals surface area contributed by atoms with Crippen molar-refractivity contribution in [3.63, 3.8) is 0 Å². The fourth-order valence-corrected chi connectivity index (χ4v) is 5.36. The van der Waals surface area contributed by atoms with Gasteiger partial charge in [0, 0.05) is 6.42 Å². The van der Waals surface area contributed by atoms with Gasteiger partial charge in [0.2, 0.25) is 0 Å². The third-order valence-corrected chi connectivity index (χ3v) is 6.01. The molecule has 4 aliphatic carbocycles. The van der Waals surface area contributed by atoms with Crippen LogP contribution in [0.1, 0.15) is 57.8 Å². The first kappa shape index (κ1) is 11.0. The highest BCUT2D eigenvalue weighted by Crippen LogP contribution is 2.60. The number of allylic oxidation sites excluding steroid dienone is 2. The summed E-state index contributed by atoms with van der Waals surface area (Å²) in [4.78, 5) is 25.5. The number of carbonyl (C=O) groups is 2. The number of carbonyl (C=O) groups excluding carboxylic acids is 2. The fraction of sp³-hybridized carbons (Fsp3) is 0.750. The summed E-state index contributed by atoms with van der Waals surface area (Å²) in [6.07, 6.45) is 9.07. The third kappa shape index (κ3) is 1.10. The number of hydrogen-bond acceptors (Lipinski definition) is 2. The second-order valence-electron chi connectivity index (χ2n) is 6.58. The van der Waals surface area contributed by atoms with Crippen molar-refractivity contribution in [3.8, 4) is 0 Å². The molecule has 0 radical (unpaired) electrons. The first-order valence-electron chi connectivity index (χ1n) is 7.55. The summed E-state index contributed by atoms with van der Waals surface area (Å²) in [7, 11) is 0. The van der Waals surface area contributed by atoms with Gasteiger partial charge in [-0.3, -0.25) is 9.59 Å². The van der Waals surface area contributed by atoms with E-state index in [0.717, 1.165) is 44.1 Å². The van der Waals surface area contributed by atoms with Crippen molar-refractivity contribution in [1.82, 2.24) is 0 Å². The van der Waals surface area contributed by atoms with Gasteiger partial charge in [0.05, 0.1) is 5.41 Å². The monoisotopic (exact) mass is 244 g/mol. The molecule has 4 rings (SSSR count). The molecule has 0 aliphatic heterocycles. The van der Waals surface area contributed by atoms with E-state index >= 15 is 0 Å². The fourth-order valence-electron chi connectivity index (χ4n) is 5.36. The molecule has 0 aromatic carbocycles. The molecule has 4 aliphatic rings. The van der Waals surface area contributed by atoms with Gasteiger partial charge in [0.25, 0.3) is 0 Å². The predicted molar refractivity (Wildman–Crippen MR) is 68.0 cm³/mol. The summed E-state index contributed by atoms with van der Waals surface area (Å²) >= 11 is 0. The van der Waals surface area contributed by atoms with E-state index in [9.17, 15) is 9.59 Å². The van der Waals surface area contributed by atoms with Crippen LogP contribution < -0.4 is 0 Å². The molecule has 3 saturated carbocycles. The zero-order valence-electron chi connectivity index (χ0n) is 10.8. The summed E-state index contributed by atoms with van der Waals surface area (Å²) in [5.41, 5.74) is 2.02. The minimum absolute atomic E-state index is 0.264. The lowest BCUT2D eigenvalue weighted by atomic mass is 9.60. The smallest absolute Gasteiger partial charge is 0.172 e. The summed E-state index contributed by atoms with van der Waals surface area (Å²) in [5.74, 6) is 1.51. The van der Waals surface area contributed by atoms with Gasteiger partial charge >= 0.3 is 0 Å². The number of fused-ring (bicyclic) bond motifs is 3. The first-order chi connectivity index (χ1) is 8.75. The maximum atomic E-state index is 12.9. The Labute approximate surface area is 108 Å². The predicted octanol–water partition coefficient (Wildman–Crippen LogP) is 3.21. The molecule has 0 aromatic heterocycles. The van der Waals surface area contributed by atoms with Crippen LogP contribution in [0.5, 0.6) is 0 Å². The molecule has 2 heteroatoms. The molecular weight excluding hydrogens is 224 g/mol. The Morgan fingerprint density at radius 1 is 0.944 bits per heavy atom. The quantitative estimate of drug-likeness (QED) is 0.613. The van der Waals surface area contributed by atoms with Crippen LogP contribution in [-0.4, -0.2) is 11.6 Å². The largest absolute Gasteiger partial charge is 0.299 e. The van der Waals surface area contributed by atoms with E-state index in [2.05, 4.69) is 0 Å². The average molecular weight is 244 g/mol. The molecular formula is C16H20O2. The van der Waals surface area contributed by atoms with Gasteiger partial charge in [-0.1, -0.05) is 12.0 Å². The van der Waals surface area contributed by atoms with Gasteiger partial charge in [-0.05, 0) is 62.4 Å². The molecule has 3 fully saturated rings. The minimum atomic E-state index is -0.551. The normalized spacial score (nSPS) is 42.9. The molecule has 3 atom stereocenters. The van der Waals surface area contributed by atoms with Crippen LogP contribution in [0.2, 0.25) is 0 Å². The number of hydrogen-bond donors (Lipinski definition) is 0. The van der Waals surface area contributed by atoms with Crippen molar-refractivity contribution in [3.05, 3.63) is 11.1 Å². The van der Waals surface area contributed by atoms with Crippen molar-refractivity contribution >= 4 is 11.6 Å². The minimum Gasteiger partial charge on any atom is -0.299 e. The molecule has 1 spiro atoms. The molecule has 0 aromatic rings. The maximum Gasteiger partial charge on any atom is 0.172 e. The van der Waals surface area contributed by atoms with Crippen LogP contribution in [0.4, 0.5) is 0 Å². The van der Waals surface area contributed by atoms with E-state index in [4.69, 9.17) is 0 Å². The highest BCUT2D eigenvalue weighted by Gasteiger charge is 2.61. The molecule has 0 amide bonds. The van der Waals surface area contributed by atoms with E-state index < -0.39 is 5.41 Å². The van der Waals surface area contributed by atoms with Gasteiger partial charge < -0.3 is 0 Å². The van der Waals surface area contributed by atoms with Crippen molar-refractivity contribution < 1.29 is 9.59 Å². The van der Waals surface area contributed by atoms with E-state index in [-0.39, 0.29) is 11.6 Å². The van der Waals surface area contributed by atoms with Crippen LogP contribution in [0.15, 0.2) is 11.1 Å². The highest BCUT2D eigenvalue weighted by atomic mass is 16.2. The molecule has 2 nitrogen and oxygen atoms in total. The van der Waals surface area contributed by atoms with E-state index in [1.54, 1.807) is 0 Å². The zero-order chi connectivity index (χ0) is 12.3. The maximum absolute atomic E-state index is 12.9. The van der Waals surface area contributed by atoms with Gasteiger partial charge in [-0.2, -0.15) is 0 Å². The molecule has 18 heavy (non-hydrogen) atoms. The SMILES string of the molecule is O=C1CCCC2=C3CCC[C@H]3[C@@H]3CCC[C@@]13C2=O. The van der Waals surface area contributed by atoms with Gasteiger partial charge in [0.1, 0.15) is 5.78 Å². The van der Waals surface area contributed by atoms with E-state index in [1.165, 1.54) is 18.4 Å². The van der Waals surface area contributed by atoms with E-state index in [0.29, 0.717) is 18.3 Å². The lowest BCUT2D eigenvalue weighted by Crippen LogP contribution is -2.47. The summed E-state index contributed by atoms with van der Waals surface area (Å²) in [6.45, 7) is 0. The molecule has 0 saturated heterocycles. The van der Waals surface area contributed by atoms with Crippen LogP contribution in [0.25, 0.3) is 0 Å². The second kappa shape index (κ2) is 3.55. The first-order valence-corrected chi connectivity index (χ1v) is 7.55. The number of rotatable bonds is 0. The second-order valence-corrected chi connectivity index (χ2v) is 6.58. The topological polar surface area (TPSA) is 34.1 Å². The molecule has 0 heterocycles. The van der Waals surface area contributed by atoms with Gasteiger partial charge in [0.15, 0.2) is 5.78 Å². The third-order valence-electron chi connectivity index (χ3n) is 6.01. The van der Waals surface area contributed by atoms with Crippen LogP contribution in [0, 0.1) is 17.3 Å².